The van der Waals surface area contributed by atoms with Crippen LogP contribution in [0.25, 0.3) is 55.6 Å². The summed E-state index contributed by atoms with van der Waals surface area (Å²) in [6.07, 6.45) is 0. The summed E-state index contributed by atoms with van der Waals surface area (Å²) in [6, 6.07) is 122. The molecule has 0 saturated heterocycles. The molecule has 0 aromatic heterocycles. The maximum atomic E-state index is 2.53. The molecule has 82 heavy (non-hydrogen) atoms. The van der Waals surface area contributed by atoms with Gasteiger partial charge < -0.3 is 4.90 Å². The smallest absolute Gasteiger partial charge is 0.180 e. The van der Waals surface area contributed by atoms with Crippen LogP contribution in [0.5, 0.6) is 0 Å². The van der Waals surface area contributed by atoms with E-state index in [0.717, 1.165) is 17.1 Å². The van der Waals surface area contributed by atoms with Crippen LogP contribution in [0.1, 0.15) is 44.5 Å². The van der Waals surface area contributed by atoms with Crippen molar-refractivity contribution in [3.8, 4) is 55.6 Å². The molecule has 1 aliphatic heterocycles. The third-order valence-electron chi connectivity index (χ3n) is 18.8. The number of anilines is 3. The van der Waals surface area contributed by atoms with Gasteiger partial charge in [-0.15, -0.1) is 0 Å². The molecule has 13 aromatic rings. The van der Waals surface area contributed by atoms with E-state index in [0.29, 0.717) is 0 Å². The largest absolute Gasteiger partial charge is 0.310 e. The highest BCUT2D eigenvalue weighted by Gasteiger charge is 2.53. The molecule has 3 aliphatic carbocycles. The molecule has 0 amide bonds. The van der Waals surface area contributed by atoms with Gasteiger partial charge in [-0.2, -0.15) is 0 Å². The first-order chi connectivity index (χ1) is 40.7. The average molecular weight is 1060 g/mol. The van der Waals surface area contributed by atoms with Gasteiger partial charge in [0.1, 0.15) is 0 Å². The lowest BCUT2D eigenvalue weighted by Gasteiger charge is -2.34. The fourth-order valence-corrected chi connectivity index (χ4v) is 20.9. The van der Waals surface area contributed by atoms with E-state index in [9.17, 15) is 0 Å². The molecule has 2 heteroatoms. The molecule has 1 nitrogen and oxygen atoms in total. The second kappa shape index (κ2) is 17.9. The topological polar surface area (TPSA) is 3.24 Å². The number of fused-ring (bicyclic) bond motifs is 16. The van der Waals surface area contributed by atoms with Gasteiger partial charge in [0, 0.05) is 17.1 Å². The molecule has 0 fully saturated rings. The second-order valence-corrected chi connectivity index (χ2v) is 26.3. The van der Waals surface area contributed by atoms with E-state index in [1.165, 1.54) is 121 Å². The van der Waals surface area contributed by atoms with Gasteiger partial charge in [-0.25, -0.2) is 0 Å². The van der Waals surface area contributed by atoms with Gasteiger partial charge in [0.2, 0.25) is 0 Å². The Balaban J connectivity index is 0.861. The lowest BCUT2D eigenvalue weighted by Crippen LogP contribution is -2.72. The number of hydrogen-bond acceptors (Lipinski definition) is 1. The summed E-state index contributed by atoms with van der Waals surface area (Å²) in [4.78, 5) is 2.52. The predicted molar refractivity (Wildman–Crippen MR) is 343 cm³/mol. The van der Waals surface area contributed by atoms with Crippen LogP contribution in [-0.2, 0) is 10.8 Å². The molecule has 0 unspecified atom stereocenters. The predicted octanol–water partition coefficient (Wildman–Crippen LogP) is 16.9. The molecule has 0 atom stereocenters. The molecule has 0 N–H and O–H groups in total. The minimum Gasteiger partial charge on any atom is -0.310 e. The van der Waals surface area contributed by atoms with Crippen LogP contribution >= 0.6 is 0 Å². The van der Waals surface area contributed by atoms with Crippen molar-refractivity contribution in [2.24, 2.45) is 0 Å². The van der Waals surface area contributed by atoms with Crippen molar-refractivity contribution in [3.05, 3.63) is 366 Å². The Morgan fingerprint density at radius 1 is 0.220 bits per heavy atom. The Kier molecular flexibility index (Phi) is 10.2. The highest BCUT2D eigenvalue weighted by atomic mass is 28.3. The van der Waals surface area contributed by atoms with E-state index < -0.39 is 18.9 Å². The zero-order valence-electron chi connectivity index (χ0n) is 45.0. The van der Waals surface area contributed by atoms with Crippen LogP contribution in [0.2, 0.25) is 0 Å². The van der Waals surface area contributed by atoms with Crippen molar-refractivity contribution in [2.45, 2.75) is 10.8 Å². The lowest BCUT2D eigenvalue weighted by atomic mass is 9.67. The highest BCUT2D eigenvalue weighted by molar-refractivity contribution is 7.22. The molecule has 4 aliphatic rings. The molecule has 0 radical (unpaired) electrons. The normalized spacial score (nSPS) is 14.4. The van der Waals surface area contributed by atoms with Crippen molar-refractivity contribution in [3.63, 3.8) is 0 Å². The fourth-order valence-electron chi connectivity index (χ4n) is 15.7. The highest BCUT2D eigenvalue weighted by Crippen LogP contribution is 2.63. The standard InChI is InChI=1S/C80H53NSi/c1-3-24-56(25-4-1)79(71-38-14-7-31-63(71)64-32-8-15-39-72(64)79)57-26-21-23-55(51-57)54-45-47-58(48-46-54)81(59-27-22-30-62(52-59)82(61-28-5-2-6-29-61)77-43-19-12-36-68(77)69-37-13-20-44-78(69)82)60-49-50-76-70(53-60)67-35-11-18-42-75(67)80(76)73-40-16-9-33-65(73)66-34-10-17-41-74(66)80/h1-53H. The maximum Gasteiger partial charge on any atom is 0.180 e. The zero-order valence-corrected chi connectivity index (χ0v) is 46.0. The Morgan fingerprint density at radius 2 is 0.622 bits per heavy atom. The summed E-state index contributed by atoms with van der Waals surface area (Å²) in [7, 11) is -2.83. The second-order valence-electron chi connectivity index (χ2n) is 22.5. The van der Waals surface area contributed by atoms with Crippen LogP contribution in [0, 0.1) is 0 Å². The third kappa shape index (κ3) is 6.27. The fraction of sp³-hybridized carbons (Fsp3) is 0.0250. The summed E-state index contributed by atoms with van der Waals surface area (Å²) < 4.78 is 0. The van der Waals surface area contributed by atoms with Gasteiger partial charge in [0.25, 0.3) is 0 Å². The van der Waals surface area contributed by atoms with Gasteiger partial charge in [-0.3, -0.25) is 0 Å². The molecule has 0 saturated carbocycles. The summed E-state index contributed by atoms with van der Waals surface area (Å²) >= 11 is 0. The Labute approximate surface area is 480 Å². The van der Waals surface area contributed by atoms with E-state index in [2.05, 4.69) is 326 Å². The van der Waals surface area contributed by atoms with Crippen molar-refractivity contribution < 1.29 is 0 Å². The first-order valence-corrected chi connectivity index (χ1v) is 30.7. The van der Waals surface area contributed by atoms with Crippen molar-refractivity contribution in [1.29, 1.82) is 0 Å². The van der Waals surface area contributed by atoms with E-state index in [4.69, 9.17) is 0 Å². The van der Waals surface area contributed by atoms with Crippen molar-refractivity contribution in [1.82, 2.24) is 0 Å². The Morgan fingerprint density at radius 3 is 1.18 bits per heavy atom. The molecule has 1 spiro atoms. The minimum atomic E-state index is -2.83. The lowest BCUT2D eigenvalue weighted by molar-refractivity contribution is 0.769. The molecular formula is C80H53NSi. The Bertz CT molecular complexity index is 4570. The van der Waals surface area contributed by atoms with Crippen molar-refractivity contribution >= 4 is 45.9 Å². The number of nitrogens with zero attached hydrogens (tertiary/aromatic N) is 1. The van der Waals surface area contributed by atoms with Crippen LogP contribution in [0.15, 0.2) is 322 Å². The molecule has 382 valence electrons. The Hall–Kier alpha value is -10.1. The average Bonchev–Trinajstić information content (AvgIpc) is 1.64. The van der Waals surface area contributed by atoms with Gasteiger partial charge >= 0.3 is 0 Å². The number of rotatable bonds is 8. The quantitative estimate of drug-likeness (QED) is 0.137. The minimum absolute atomic E-state index is 0.433. The zero-order chi connectivity index (χ0) is 54.0. The number of benzene rings is 13. The molecular weight excluding hydrogens is 1000 g/mol. The van der Waals surface area contributed by atoms with E-state index in [1.54, 1.807) is 0 Å². The van der Waals surface area contributed by atoms with E-state index in [1.807, 2.05) is 0 Å². The van der Waals surface area contributed by atoms with Crippen LogP contribution in [0.3, 0.4) is 0 Å². The third-order valence-corrected chi connectivity index (χ3v) is 23.7. The van der Waals surface area contributed by atoms with Crippen molar-refractivity contribution in [2.75, 3.05) is 4.90 Å². The molecule has 17 rings (SSSR count). The van der Waals surface area contributed by atoms with Crippen LogP contribution < -0.4 is 25.6 Å². The SMILES string of the molecule is c1ccc(C2(c3cccc(-c4ccc(N(c5cccc([Si]6(c7ccccc7)c7ccccc7-c7ccccc76)c5)c5ccc6c(c5)-c5ccccc5C65c6ccccc6-c6ccccc65)cc4)c3)c3ccccc3-c3ccccc32)cc1. The molecule has 0 bridgehead atoms. The molecule has 1 heterocycles. The first-order valence-electron chi connectivity index (χ1n) is 28.7. The van der Waals surface area contributed by atoms with Crippen LogP contribution in [-0.4, -0.2) is 8.07 Å². The summed E-state index contributed by atoms with van der Waals surface area (Å²) in [6.45, 7) is 0. The van der Waals surface area contributed by atoms with E-state index in [-0.39, 0.29) is 0 Å². The van der Waals surface area contributed by atoms with Gasteiger partial charge in [-0.05, 0) is 163 Å². The first kappa shape index (κ1) is 46.8. The van der Waals surface area contributed by atoms with Gasteiger partial charge in [0.15, 0.2) is 8.07 Å². The number of hydrogen-bond donors (Lipinski definition) is 0. The van der Waals surface area contributed by atoms with Gasteiger partial charge in [0.05, 0.1) is 10.8 Å². The summed E-state index contributed by atoms with van der Waals surface area (Å²) in [5, 5.41) is 5.62. The van der Waals surface area contributed by atoms with E-state index >= 15 is 0 Å². The van der Waals surface area contributed by atoms with Crippen LogP contribution in [0.4, 0.5) is 17.1 Å². The summed E-state index contributed by atoms with van der Waals surface area (Å²) in [5.74, 6) is 0. The maximum absolute atomic E-state index is 2.83. The molecule has 13 aromatic carbocycles. The summed E-state index contributed by atoms with van der Waals surface area (Å²) in [5.41, 5.74) is 25.7. The van der Waals surface area contributed by atoms with Gasteiger partial charge in [-0.1, -0.05) is 279 Å². The monoisotopic (exact) mass is 1060 g/mol.